The lowest BCUT2D eigenvalue weighted by molar-refractivity contribution is -0.147. The molecular formula is C17H23NO4. The molecule has 5 heteroatoms. The van der Waals surface area contributed by atoms with Crippen molar-refractivity contribution < 1.29 is 19.4 Å². The van der Waals surface area contributed by atoms with Crippen LogP contribution in [-0.2, 0) is 16.0 Å². The molecule has 1 N–H and O–H groups in total. The minimum atomic E-state index is -0.838. The van der Waals surface area contributed by atoms with Crippen molar-refractivity contribution in [2.24, 2.45) is 5.41 Å². The molecule has 0 radical (unpaired) electrons. The summed E-state index contributed by atoms with van der Waals surface area (Å²) in [6.45, 7) is 6.39. The average molecular weight is 305 g/mol. The van der Waals surface area contributed by atoms with Crippen LogP contribution in [0.5, 0.6) is 5.75 Å². The van der Waals surface area contributed by atoms with E-state index in [1.807, 2.05) is 38.1 Å². The number of nitrogens with zero attached hydrogens (tertiary/aromatic N) is 1. The first-order valence-corrected chi connectivity index (χ1v) is 7.57. The van der Waals surface area contributed by atoms with Crippen LogP contribution in [0, 0.1) is 5.41 Å². The van der Waals surface area contributed by atoms with Crippen LogP contribution in [0.15, 0.2) is 24.3 Å². The van der Waals surface area contributed by atoms with Crippen molar-refractivity contribution in [1.82, 2.24) is 4.90 Å². The zero-order chi connectivity index (χ0) is 16.3. The third kappa shape index (κ3) is 3.78. The number of aliphatic carboxylic acids is 1. The van der Waals surface area contributed by atoms with Gasteiger partial charge in [-0.15, -0.1) is 0 Å². The van der Waals surface area contributed by atoms with Crippen molar-refractivity contribution in [1.29, 1.82) is 0 Å². The first-order valence-electron chi connectivity index (χ1n) is 7.57. The molecule has 0 aliphatic carbocycles. The van der Waals surface area contributed by atoms with Gasteiger partial charge < -0.3 is 14.7 Å². The number of benzene rings is 1. The Hall–Kier alpha value is -2.04. The van der Waals surface area contributed by atoms with Crippen LogP contribution in [0.2, 0.25) is 0 Å². The summed E-state index contributed by atoms with van der Waals surface area (Å²) in [4.78, 5) is 25.2. The van der Waals surface area contributed by atoms with E-state index >= 15 is 0 Å². The van der Waals surface area contributed by atoms with Crippen LogP contribution in [0.25, 0.3) is 0 Å². The predicted molar refractivity (Wildman–Crippen MR) is 82.8 cm³/mol. The molecular weight excluding hydrogens is 282 g/mol. The average Bonchev–Trinajstić information content (AvgIpc) is 2.82. The van der Waals surface area contributed by atoms with E-state index in [0.717, 1.165) is 11.3 Å². The summed E-state index contributed by atoms with van der Waals surface area (Å²) in [7, 11) is 0. The predicted octanol–water partition coefficient (Wildman–Crippen LogP) is 2.34. The van der Waals surface area contributed by atoms with E-state index in [2.05, 4.69) is 0 Å². The number of likely N-dealkylation sites (tertiary alicyclic amines) is 1. The fraction of sp³-hybridized carbons (Fsp3) is 0.529. The number of carbonyl (C=O) groups is 2. The van der Waals surface area contributed by atoms with E-state index in [4.69, 9.17) is 4.74 Å². The summed E-state index contributed by atoms with van der Waals surface area (Å²) in [5.74, 6) is -0.126. The van der Waals surface area contributed by atoms with Gasteiger partial charge in [0.1, 0.15) is 5.75 Å². The molecule has 1 unspecified atom stereocenters. The molecule has 0 aromatic heterocycles. The molecule has 1 saturated heterocycles. The van der Waals surface area contributed by atoms with Crippen LogP contribution in [0.4, 0.5) is 0 Å². The highest BCUT2D eigenvalue weighted by Gasteiger charge is 2.41. The minimum absolute atomic E-state index is 0.0355. The van der Waals surface area contributed by atoms with Crippen LogP contribution in [0.1, 0.15) is 32.8 Å². The van der Waals surface area contributed by atoms with Gasteiger partial charge in [-0.3, -0.25) is 9.59 Å². The number of rotatable bonds is 5. The standard InChI is InChI=1S/C17H23NO4/c1-12(2)22-14-6-4-5-13(9-14)10-15(19)18-8-7-17(3,11-18)16(20)21/h4-6,9,12H,7-8,10-11H2,1-3H3,(H,20,21). The maximum atomic E-state index is 12.4. The Morgan fingerprint density at radius 3 is 2.73 bits per heavy atom. The number of ether oxygens (including phenoxy) is 1. The number of hydrogen-bond donors (Lipinski definition) is 1. The van der Waals surface area contributed by atoms with Crippen LogP contribution in [0.3, 0.4) is 0 Å². The Kier molecular flexibility index (Phi) is 4.74. The Bertz CT molecular complexity index is 570. The van der Waals surface area contributed by atoms with Crippen molar-refractivity contribution in [3.63, 3.8) is 0 Å². The molecule has 5 nitrogen and oxygen atoms in total. The van der Waals surface area contributed by atoms with Crippen molar-refractivity contribution in [2.45, 2.75) is 39.7 Å². The Balaban J connectivity index is 2.00. The highest BCUT2D eigenvalue weighted by Crippen LogP contribution is 2.30. The fourth-order valence-corrected chi connectivity index (χ4v) is 2.64. The SMILES string of the molecule is CC(C)Oc1cccc(CC(=O)N2CCC(C)(C(=O)O)C2)c1. The molecule has 1 heterocycles. The van der Waals surface area contributed by atoms with E-state index < -0.39 is 11.4 Å². The molecule has 1 amide bonds. The van der Waals surface area contributed by atoms with Gasteiger partial charge in [-0.25, -0.2) is 0 Å². The van der Waals surface area contributed by atoms with Gasteiger partial charge in [-0.05, 0) is 44.9 Å². The molecule has 120 valence electrons. The molecule has 1 aliphatic rings. The first kappa shape index (κ1) is 16.3. The van der Waals surface area contributed by atoms with Crippen LogP contribution >= 0.6 is 0 Å². The number of carboxylic acids is 1. The summed E-state index contributed by atoms with van der Waals surface area (Å²) >= 11 is 0. The largest absolute Gasteiger partial charge is 0.491 e. The third-order valence-electron chi connectivity index (χ3n) is 3.97. The molecule has 2 rings (SSSR count). The quantitative estimate of drug-likeness (QED) is 0.906. The molecule has 22 heavy (non-hydrogen) atoms. The molecule has 0 spiro atoms. The van der Waals surface area contributed by atoms with Crippen LogP contribution < -0.4 is 4.74 Å². The van der Waals surface area contributed by atoms with Gasteiger partial charge in [-0.2, -0.15) is 0 Å². The number of carbonyl (C=O) groups excluding carboxylic acids is 1. The second-order valence-corrected chi connectivity index (χ2v) is 6.42. The second kappa shape index (κ2) is 6.38. The lowest BCUT2D eigenvalue weighted by atomic mass is 9.90. The van der Waals surface area contributed by atoms with Gasteiger partial charge in [0.05, 0.1) is 17.9 Å². The van der Waals surface area contributed by atoms with E-state index in [9.17, 15) is 14.7 Å². The smallest absolute Gasteiger partial charge is 0.311 e. The maximum Gasteiger partial charge on any atom is 0.311 e. The summed E-state index contributed by atoms with van der Waals surface area (Å²) in [6, 6.07) is 7.49. The summed E-state index contributed by atoms with van der Waals surface area (Å²) in [5, 5.41) is 9.23. The number of carboxylic acid groups (broad SMARTS) is 1. The summed E-state index contributed by atoms with van der Waals surface area (Å²) in [6.07, 6.45) is 0.857. The van der Waals surface area contributed by atoms with Gasteiger partial charge in [-0.1, -0.05) is 12.1 Å². The highest BCUT2D eigenvalue weighted by molar-refractivity contribution is 5.82. The van der Waals surface area contributed by atoms with E-state index in [-0.39, 0.29) is 25.0 Å². The molecule has 1 fully saturated rings. The number of amides is 1. The summed E-state index contributed by atoms with van der Waals surface area (Å²) in [5.41, 5.74) is 0.0604. The van der Waals surface area contributed by atoms with E-state index in [1.54, 1.807) is 11.8 Å². The Morgan fingerprint density at radius 1 is 1.41 bits per heavy atom. The minimum Gasteiger partial charge on any atom is -0.491 e. The highest BCUT2D eigenvalue weighted by atomic mass is 16.5. The molecule has 1 aromatic carbocycles. The van der Waals surface area contributed by atoms with Gasteiger partial charge in [0, 0.05) is 13.1 Å². The molecule has 1 aromatic rings. The van der Waals surface area contributed by atoms with Gasteiger partial charge in [0.2, 0.25) is 5.91 Å². The number of hydrogen-bond acceptors (Lipinski definition) is 3. The van der Waals surface area contributed by atoms with E-state index in [0.29, 0.717) is 13.0 Å². The zero-order valence-electron chi connectivity index (χ0n) is 13.3. The molecule has 1 atom stereocenters. The van der Waals surface area contributed by atoms with Crippen molar-refractivity contribution >= 4 is 11.9 Å². The lowest BCUT2D eigenvalue weighted by Crippen LogP contribution is -2.35. The maximum absolute atomic E-state index is 12.4. The normalized spacial score (nSPS) is 21.2. The van der Waals surface area contributed by atoms with Crippen molar-refractivity contribution in [3.05, 3.63) is 29.8 Å². The molecule has 0 bridgehead atoms. The van der Waals surface area contributed by atoms with Crippen molar-refractivity contribution in [2.75, 3.05) is 13.1 Å². The third-order valence-corrected chi connectivity index (χ3v) is 3.97. The topological polar surface area (TPSA) is 66.8 Å². The zero-order valence-corrected chi connectivity index (χ0v) is 13.3. The van der Waals surface area contributed by atoms with Crippen LogP contribution in [-0.4, -0.2) is 41.1 Å². The Morgan fingerprint density at radius 2 is 2.14 bits per heavy atom. The summed E-state index contributed by atoms with van der Waals surface area (Å²) < 4.78 is 5.62. The lowest BCUT2D eigenvalue weighted by Gasteiger charge is -2.20. The monoisotopic (exact) mass is 305 g/mol. The Labute approximate surface area is 130 Å². The first-order chi connectivity index (χ1) is 10.3. The van der Waals surface area contributed by atoms with Gasteiger partial charge in [0.25, 0.3) is 0 Å². The molecule has 1 aliphatic heterocycles. The van der Waals surface area contributed by atoms with Crippen molar-refractivity contribution in [3.8, 4) is 5.75 Å². The van der Waals surface area contributed by atoms with Gasteiger partial charge >= 0.3 is 5.97 Å². The van der Waals surface area contributed by atoms with E-state index in [1.165, 1.54) is 0 Å². The second-order valence-electron chi connectivity index (χ2n) is 6.42. The molecule has 0 saturated carbocycles. The fourth-order valence-electron chi connectivity index (χ4n) is 2.64. The van der Waals surface area contributed by atoms with Gasteiger partial charge in [0.15, 0.2) is 0 Å².